The first kappa shape index (κ1) is 15.6. The summed E-state index contributed by atoms with van der Waals surface area (Å²) in [6.07, 6.45) is 0.0421. The second-order valence-electron chi connectivity index (χ2n) is 5.32. The molecule has 0 radical (unpaired) electrons. The Kier molecular flexibility index (Phi) is 5.25. The van der Waals surface area contributed by atoms with Gasteiger partial charge in [-0.1, -0.05) is 65.6 Å². The van der Waals surface area contributed by atoms with Crippen molar-refractivity contribution in [3.63, 3.8) is 0 Å². The third-order valence-corrected chi connectivity index (χ3v) is 4.02. The zero-order valence-corrected chi connectivity index (χ0v) is 13.9. The van der Waals surface area contributed by atoms with E-state index in [1.54, 1.807) is 6.07 Å². The highest BCUT2D eigenvalue weighted by atomic mass is 79.9. The van der Waals surface area contributed by atoms with Crippen LogP contribution in [0.2, 0.25) is 5.02 Å². The molecule has 0 fully saturated rings. The molecule has 0 aliphatic carbocycles. The van der Waals surface area contributed by atoms with E-state index in [2.05, 4.69) is 54.0 Å². The fourth-order valence-electron chi connectivity index (χ4n) is 2.15. The number of hydrogen-bond donors (Lipinski definition) is 1. The van der Waals surface area contributed by atoms with Crippen LogP contribution in [0.15, 0.2) is 46.9 Å². The highest BCUT2D eigenvalue weighted by Crippen LogP contribution is 2.26. The third kappa shape index (κ3) is 4.08. The van der Waals surface area contributed by atoms with E-state index in [0.29, 0.717) is 17.4 Å². The molecular formula is C17H18BrClO. The van der Waals surface area contributed by atoms with Crippen LogP contribution >= 0.6 is 27.5 Å². The SMILES string of the molecule is CC(C)c1ccc(CC(O)c2cc(Cl)cc(Br)c2)cc1. The average molecular weight is 354 g/mol. The van der Waals surface area contributed by atoms with Gasteiger partial charge in [-0.05, 0) is 40.8 Å². The lowest BCUT2D eigenvalue weighted by atomic mass is 9.97. The Balaban J connectivity index is 2.12. The fourth-order valence-corrected chi connectivity index (χ4v) is 3.03. The molecule has 3 heteroatoms. The zero-order valence-electron chi connectivity index (χ0n) is 11.6. The van der Waals surface area contributed by atoms with Crippen LogP contribution in [0.1, 0.15) is 42.6 Å². The molecule has 0 saturated carbocycles. The monoisotopic (exact) mass is 352 g/mol. The van der Waals surface area contributed by atoms with Gasteiger partial charge in [0.15, 0.2) is 0 Å². The van der Waals surface area contributed by atoms with E-state index in [4.69, 9.17) is 11.6 Å². The van der Waals surface area contributed by atoms with Crippen LogP contribution in [0.4, 0.5) is 0 Å². The number of halogens is 2. The van der Waals surface area contributed by atoms with Gasteiger partial charge in [-0.25, -0.2) is 0 Å². The predicted octanol–water partition coefficient (Wildman–Crippen LogP) is 5.50. The molecule has 106 valence electrons. The summed E-state index contributed by atoms with van der Waals surface area (Å²) in [7, 11) is 0. The number of benzene rings is 2. The highest BCUT2D eigenvalue weighted by Gasteiger charge is 2.10. The van der Waals surface area contributed by atoms with E-state index in [0.717, 1.165) is 15.6 Å². The van der Waals surface area contributed by atoms with Gasteiger partial charge >= 0.3 is 0 Å². The summed E-state index contributed by atoms with van der Waals surface area (Å²) >= 11 is 9.41. The minimum atomic E-state index is -0.546. The Morgan fingerprint density at radius 3 is 2.25 bits per heavy atom. The van der Waals surface area contributed by atoms with E-state index >= 15 is 0 Å². The third-order valence-electron chi connectivity index (χ3n) is 3.35. The average Bonchev–Trinajstić information content (AvgIpc) is 2.38. The Morgan fingerprint density at radius 2 is 1.70 bits per heavy atom. The van der Waals surface area contributed by atoms with Gasteiger partial charge in [0.05, 0.1) is 6.10 Å². The molecule has 2 aromatic rings. The summed E-state index contributed by atoms with van der Waals surface area (Å²) in [5, 5.41) is 11.0. The molecule has 0 amide bonds. The first-order chi connectivity index (χ1) is 9.45. The molecule has 0 aliphatic rings. The molecule has 0 aliphatic heterocycles. The van der Waals surface area contributed by atoms with Crippen molar-refractivity contribution in [3.8, 4) is 0 Å². The Bertz CT molecular complexity index is 558. The van der Waals surface area contributed by atoms with Crippen molar-refractivity contribution in [1.82, 2.24) is 0 Å². The molecule has 2 aromatic carbocycles. The van der Waals surface area contributed by atoms with Crippen molar-refractivity contribution < 1.29 is 5.11 Å². The number of hydrogen-bond acceptors (Lipinski definition) is 1. The maximum atomic E-state index is 10.3. The maximum Gasteiger partial charge on any atom is 0.0831 e. The lowest BCUT2D eigenvalue weighted by Gasteiger charge is -2.13. The van der Waals surface area contributed by atoms with Crippen molar-refractivity contribution in [2.45, 2.75) is 32.3 Å². The molecule has 0 heterocycles. The molecule has 0 spiro atoms. The van der Waals surface area contributed by atoms with Gasteiger partial charge in [-0.15, -0.1) is 0 Å². The first-order valence-corrected chi connectivity index (χ1v) is 7.85. The number of rotatable bonds is 4. The predicted molar refractivity (Wildman–Crippen MR) is 88.3 cm³/mol. The maximum absolute atomic E-state index is 10.3. The van der Waals surface area contributed by atoms with Crippen LogP contribution in [0, 0.1) is 0 Å². The molecule has 1 N–H and O–H groups in total. The zero-order chi connectivity index (χ0) is 14.7. The Labute approximate surface area is 133 Å². The van der Waals surface area contributed by atoms with Gasteiger partial charge in [-0.2, -0.15) is 0 Å². The molecule has 0 aromatic heterocycles. The summed E-state index contributed by atoms with van der Waals surface area (Å²) in [6, 6.07) is 13.9. The summed E-state index contributed by atoms with van der Waals surface area (Å²) in [5.74, 6) is 0.526. The smallest absolute Gasteiger partial charge is 0.0831 e. The highest BCUT2D eigenvalue weighted by molar-refractivity contribution is 9.10. The van der Waals surface area contributed by atoms with Gasteiger partial charge in [0.25, 0.3) is 0 Å². The van der Waals surface area contributed by atoms with E-state index in [-0.39, 0.29) is 0 Å². The van der Waals surface area contributed by atoms with Crippen LogP contribution in [-0.2, 0) is 6.42 Å². The largest absolute Gasteiger partial charge is 0.388 e. The minimum Gasteiger partial charge on any atom is -0.388 e. The molecule has 0 saturated heterocycles. The molecule has 0 bridgehead atoms. The van der Waals surface area contributed by atoms with Gasteiger partial charge in [0.1, 0.15) is 0 Å². The normalized spacial score (nSPS) is 12.7. The lowest BCUT2D eigenvalue weighted by molar-refractivity contribution is 0.178. The van der Waals surface area contributed by atoms with Crippen molar-refractivity contribution in [2.24, 2.45) is 0 Å². The molecule has 20 heavy (non-hydrogen) atoms. The molecule has 1 atom stereocenters. The fraction of sp³-hybridized carbons (Fsp3) is 0.294. The molecular weight excluding hydrogens is 336 g/mol. The van der Waals surface area contributed by atoms with Crippen LogP contribution < -0.4 is 0 Å². The van der Waals surface area contributed by atoms with Gasteiger partial charge in [0.2, 0.25) is 0 Å². The molecule has 1 nitrogen and oxygen atoms in total. The standard InChI is InChI=1S/C17H18BrClO/c1-11(2)13-5-3-12(4-6-13)7-17(20)14-8-15(18)10-16(19)9-14/h3-6,8-11,17,20H,7H2,1-2H3. The molecule has 1 unspecified atom stereocenters. The van der Waals surface area contributed by atoms with Crippen molar-refractivity contribution in [1.29, 1.82) is 0 Å². The van der Waals surface area contributed by atoms with E-state index < -0.39 is 6.10 Å². The second-order valence-corrected chi connectivity index (χ2v) is 6.67. The van der Waals surface area contributed by atoms with Gasteiger partial charge in [-0.3, -0.25) is 0 Å². The summed E-state index contributed by atoms with van der Waals surface area (Å²) in [6.45, 7) is 4.35. The second kappa shape index (κ2) is 6.75. The van der Waals surface area contributed by atoms with Gasteiger partial charge < -0.3 is 5.11 Å². The summed E-state index contributed by atoms with van der Waals surface area (Å²) in [4.78, 5) is 0. The van der Waals surface area contributed by atoms with Crippen LogP contribution in [0.5, 0.6) is 0 Å². The lowest BCUT2D eigenvalue weighted by Crippen LogP contribution is -2.02. The summed E-state index contributed by atoms with van der Waals surface area (Å²) in [5.41, 5.74) is 3.27. The number of aliphatic hydroxyl groups is 1. The van der Waals surface area contributed by atoms with E-state index in [1.165, 1.54) is 5.56 Å². The topological polar surface area (TPSA) is 20.2 Å². The minimum absolute atomic E-state index is 0.526. The Hall–Kier alpha value is -0.830. The van der Waals surface area contributed by atoms with E-state index in [1.807, 2.05) is 12.1 Å². The van der Waals surface area contributed by atoms with Crippen LogP contribution in [0.3, 0.4) is 0 Å². The first-order valence-electron chi connectivity index (χ1n) is 6.68. The van der Waals surface area contributed by atoms with Crippen molar-refractivity contribution >= 4 is 27.5 Å². The van der Waals surface area contributed by atoms with Crippen molar-refractivity contribution in [3.05, 3.63) is 68.7 Å². The van der Waals surface area contributed by atoms with Crippen molar-refractivity contribution in [2.75, 3.05) is 0 Å². The van der Waals surface area contributed by atoms with Crippen LogP contribution in [-0.4, -0.2) is 5.11 Å². The summed E-state index contributed by atoms with van der Waals surface area (Å²) < 4.78 is 0.884. The van der Waals surface area contributed by atoms with E-state index in [9.17, 15) is 5.11 Å². The molecule has 2 rings (SSSR count). The Morgan fingerprint density at radius 1 is 1.05 bits per heavy atom. The quantitative estimate of drug-likeness (QED) is 0.769. The van der Waals surface area contributed by atoms with Crippen LogP contribution in [0.25, 0.3) is 0 Å². The number of aliphatic hydroxyl groups excluding tert-OH is 1. The van der Waals surface area contributed by atoms with Gasteiger partial charge in [0, 0.05) is 15.9 Å².